The second kappa shape index (κ2) is 21.4. The highest BCUT2D eigenvalue weighted by molar-refractivity contribution is 8.76. The van der Waals surface area contributed by atoms with E-state index in [0.717, 1.165) is 11.5 Å². The first kappa shape index (κ1) is 26.1. The number of carbonyl (C=O) groups is 1. The zero-order valence-electron chi connectivity index (χ0n) is 17.2. The van der Waals surface area contributed by atoms with E-state index in [9.17, 15) is 4.79 Å². The molecular formula is C21H42O3S2. The number of hydrogen-bond acceptors (Lipinski definition) is 5. The van der Waals surface area contributed by atoms with Gasteiger partial charge < -0.3 is 9.84 Å². The fraction of sp³-hybridized carbons (Fsp3) is 0.952. The molecule has 0 radical (unpaired) electrons. The maximum Gasteiger partial charge on any atom is 0.306 e. The van der Waals surface area contributed by atoms with Crippen molar-refractivity contribution in [3.8, 4) is 0 Å². The molecule has 0 heterocycles. The lowest BCUT2D eigenvalue weighted by atomic mass is 9.95. The van der Waals surface area contributed by atoms with E-state index < -0.39 is 0 Å². The van der Waals surface area contributed by atoms with Gasteiger partial charge >= 0.3 is 5.97 Å². The quantitative estimate of drug-likeness (QED) is 0.140. The van der Waals surface area contributed by atoms with Crippen molar-refractivity contribution in [3.63, 3.8) is 0 Å². The lowest BCUT2D eigenvalue weighted by molar-refractivity contribution is -0.144. The molecule has 5 heteroatoms. The highest BCUT2D eigenvalue weighted by Crippen LogP contribution is 2.22. The third kappa shape index (κ3) is 18.9. The molecule has 3 nitrogen and oxygen atoms in total. The van der Waals surface area contributed by atoms with Crippen molar-refractivity contribution in [3.05, 3.63) is 0 Å². The molecule has 26 heavy (non-hydrogen) atoms. The molecular weight excluding hydrogens is 364 g/mol. The SMILES string of the molecule is CCCCCCCCC(CCCCCC)COC(=O)CCSSCCO. The minimum atomic E-state index is -0.0661. The molecule has 0 aromatic carbocycles. The van der Waals surface area contributed by atoms with Gasteiger partial charge in [-0.25, -0.2) is 0 Å². The van der Waals surface area contributed by atoms with Gasteiger partial charge in [0.25, 0.3) is 0 Å². The normalized spacial score (nSPS) is 12.3. The van der Waals surface area contributed by atoms with Crippen molar-refractivity contribution in [2.75, 3.05) is 24.7 Å². The van der Waals surface area contributed by atoms with Crippen LogP contribution in [-0.4, -0.2) is 35.8 Å². The van der Waals surface area contributed by atoms with E-state index in [-0.39, 0.29) is 12.6 Å². The van der Waals surface area contributed by atoms with Crippen molar-refractivity contribution < 1.29 is 14.6 Å². The Morgan fingerprint density at radius 3 is 2.00 bits per heavy atom. The van der Waals surface area contributed by atoms with Gasteiger partial charge in [0.05, 0.1) is 19.6 Å². The summed E-state index contributed by atoms with van der Waals surface area (Å²) in [5.41, 5.74) is 0. The van der Waals surface area contributed by atoms with Gasteiger partial charge in [-0.15, -0.1) is 0 Å². The smallest absolute Gasteiger partial charge is 0.306 e. The van der Waals surface area contributed by atoms with Gasteiger partial charge in [-0.2, -0.15) is 0 Å². The summed E-state index contributed by atoms with van der Waals surface area (Å²) >= 11 is 0. The van der Waals surface area contributed by atoms with Crippen LogP contribution in [0.3, 0.4) is 0 Å². The number of unbranched alkanes of at least 4 members (excludes halogenated alkanes) is 8. The highest BCUT2D eigenvalue weighted by Gasteiger charge is 2.12. The van der Waals surface area contributed by atoms with Crippen molar-refractivity contribution in [1.82, 2.24) is 0 Å². The third-order valence-corrected chi connectivity index (χ3v) is 6.95. The van der Waals surface area contributed by atoms with E-state index in [4.69, 9.17) is 9.84 Å². The predicted octanol–water partition coefficient (Wildman–Crippen LogP) is 6.63. The average molecular weight is 407 g/mol. The summed E-state index contributed by atoms with van der Waals surface area (Å²) in [7, 11) is 3.25. The summed E-state index contributed by atoms with van der Waals surface area (Å²) < 4.78 is 5.55. The zero-order valence-corrected chi connectivity index (χ0v) is 18.8. The fourth-order valence-electron chi connectivity index (χ4n) is 2.95. The Balaban J connectivity index is 3.91. The Kier molecular flexibility index (Phi) is 21.5. The van der Waals surface area contributed by atoms with Crippen molar-refractivity contribution in [1.29, 1.82) is 0 Å². The van der Waals surface area contributed by atoms with Crippen LogP contribution in [0.2, 0.25) is 0 Å². The topological polar surface area (TPSA) is 46.5 Å². The summed E-state index contributed by atoms with van der Waals surface area (Å²) in [6, 6.07) is 0. The highest BCUT2D eigenvalue weighted by atomic mass is 33.1. The maximum absolute atomic E-state index is 11.9. The van der Waals surface area contributed by atoms with E-state index in [1.165, 1.54) is 77.0 Å². The lowest BCUT2D eigenvalue weighted by Gasteiger charge is -2.17. The van der Waals surface area contributed by atoms with Crippen LogP contribution in [0.4, 0.5) is 0 Å². The van der Waals surface area contributed by atoms with Crippen LogP contribution in [-0.2, 0) is 9.53 Å². The Bertz CT molecular complexity index is 301. The molecule has 0 aliphatic rings. The Hall–Kier alpha value is 0.130. The molecule has 1 unspecified atom stereocenters. The van der Waals surface area contributed by atoms with Crippen LogP contribution >= 0.6 is 21.6 Å². The summed E-state index contributed by atoms with van der Waals surface area (Å²) in [5, 5.41) is 8.73. The van der Waals surface area contributed by atoms with E-state index in [0.29, 0.717) is 18.9 Å². The van der Waals surface area contributed by atoms with Crippen LogP contribution in [0.1, 0.15) is 97.3 Å². The lowest BCUT2D eigenvalue weighted by Crippen LogP contribution is -2.15. The van der Waals surface area contributed by atoms with Crippen LogP contribution in [0.25, 0.3) is 0 Å². The summed E-state index contributed by atoms with van der Waals surface area (Å²) in [6.07, 6.45) is 16.0. The number of ether oxygens (including phenoxy) is 1. The largest absolute Gasteiger partial charge is 0.465 e. The molecule has 0 saturated heterocycles. The van der Waals surface area contributed by atoms with Crippen molar-refractivity contribution >= 4 is 27.6 Å². The predicted molar refractivity (Wildman–Crippen MR) is 118 cm³/mol. The minimum Gasteiger partial charge on any atom is -0.465 e. The van der Waals surface area contributed by atoms with Crippen LogP contribution < -0.4 is 0 Å². The first-order chi connectivity index (χ1) is 12.7. The number of rotatable bonds is 20. The molecule has 0 aliphatic heterocycles. The molecule has 1 atom stereocenters. The monoisotopic (exact) mass is 406 g/mol. The summed E-state index contributed by atoms with van der Waals surface area (Å²) in [4.78, 5) is 11.9. The number of hydrogen-bond donors (Lipinski definition) is 1. The van der Waals surface area contributed by atoms with Crippen LogP contribution in [0, 0.1) is 5.92 Å². The van der Waals surface area contributed by atoms with Gasteiger partial charge in [0.2, 0.25) is 0 Å². The molecule has 0 amide bonds. The molecule has 0 saturated carbocycles. The second-order valence-electron chi connectivity index (χ2n) is 7.07. The van der Waals surface area contributed by atoms with Gasteiger partial charge in [0.15, 0.2) is 0 Å². The van der Waals surface area contributed by atoms with Crippen molar-refractivity contribution in [2.45, 2.75) is 97.3 Å². The van der Waals surface area contributed by atoms with Crippen LogP contribution in [0.5, 0.6) is 0 Å². The van der Waals surface area contributed by atoms with Gasteiger partial charge in [-0.05, 0) is 18.8 Å². The molecule has 0 aromatic rings. The van der Waals surface area contributed by atoms with E-state index in [1.54, 1.807) is 21.6 Å². The van der Waals surface area contributed by atoms with E-state index in [1.807, 2.05) is 0 Å². The Labute approximate surface area is 170 Å². The number of aliphatic hydroxyl groups is 1. The molecule has 0 aliphatic carbocycles. The van der Waals surface area contributed by atoms with Crippen LogP contribution in [0.15, 0.2) is 0 Å². The molecule has 0 aromatic heterocycles. The molecule has 0 bridgehead atoms. The standard InChI is InChI=1S/C21H42O3S2/c1-3-5-7-9-10-12-14-20(13-11-8-6-4-2)19-24-21(23)15-17-25-26-18-16-22/h20,22H,3-19H2,1-2H3. The zero-order chi connectivity index (χ0) is 19.3. The third-order valence-electron chi connectivity index (χ3n) is 4.56. The average Bonchev–Trinajstić information content (AvgIpc) is 2.65. The summed E-state index contributed by atoms with van der Waals surface area (Å²) in [5.74, 6) is 1.96. The molecule has 1 N–H and O–H groups in total. The van der Waals surface area contributed by atoms with Gasteiger partial charge in [0, 0.05) is 11.5 Å². The number of carbonyl (C=O) groups excluding carboxylic acids is 1. The Morgan fingerprint density at radius 2 is 1.38 bits per heavy atom. The minimum absolute atomic E-state index is 0.0661. The van der Waals surface area contributed by atoms with Gasteiger partial charge in [-0.1, -0.05) is 99.6 Å². The van der Waals surface area contributed by atoms with E-state index >= 15 is 0 Å². The summed E-state index contributed by atoms with van der Waals surface area (Å²) in [6.45, 7) is 5.30. The first-order valence-electron chi connectivity index (χ1n) is 10.7. The number of esters is 1. The Morgan fingerprint density at radius 1 is 0.846 bits per heavy atom. The second-order valence-corrected chi connectivity index (χ2v) is 9.77. The first-order valence-corrected chi connectivity index (χ1v) is 13.2. The fourth-order valence-corrected chi connectivity index (χ4v) is 4.69. The molecule has 0 fully saturated rings. The van der Waals surface area contributed by atoms with Gasteiger partial charge in [0.1, 0.15) is 0 Å². The van der Waals surface area contributed by atoms with Crippen molar-refractivity contribution in [2.24, 2.45) is 5.92 Å². The molecule has 0 spiro atoms. The molecule has 0 rings (SSSR count). The maximum atomic E-state index is 11.9. The number of aliphatic hydroxyl groups excluding tert-OH is 1. The van der Waals surface area contributed by atoms with E-state index in [2.05, 4.69) is 13.8 Å². The molecule has 156 valence electrons. The van der Waals surface area contributed by atoms with Gasteiger partial charge in [-0.3, -0.25) is 4.79 Å².